The monoisotopic (exact) mass is 414 g/mol. The van der Waals surface area contributed by atoms with Crippen LogP contribution in [0.15, 0.2) is 48.5 Å². The van der Waals surface area contributed by atoms with Crippen LogP contribution in [0.2, 0.25) is 0 Å². The van der Waals surface area contributed by atoms with Crippen molar-refractivity contribution in [3.8, 4) is 0 Å². The number of rotatable bonds is 8. The Morgan fingerprint density at radius 2 is 1.80 bits per heavy atom. The Morgan fingerprint density at radius 3 is 2.43 bits per heavy atom. The molecule has 0 saturated heterocycles. The van der Waals surface area contributed by atoms with Crippen LogP contribution >= 0.6 is 0 Å². The SMILES string of the molecule is CC(C)CNC(=O)NC(=O)COC(=O)c1ccc(Nc2ccccc2)c([N+](=O)[O-])c1. The van der Waals surface area contributed by atoms with Crippen LogP contribution in [0, 0.1) is 16.0 Å². The molecule has 0 atom stereocenters. The number of anilines is 2. The van der Waals surface area contributed by atoms with Crippen molar-refractivity contribution in [2.24, 2.45) is 5.92 Å². The maximum atomic E-state index is 12.1. The lowest BCUT2D eigenvalue weighted by atomic mass is 10.1. The van der Waals surface area contributed by atoms with Gasteiger partial charge in [-0.15, -0.1) is 0 Å². The predicted molar refractivity (Wildman–Crippen MR) is 109 cm³/mol. The van der Waals surface area contributed by atoms with Gasteiger partial charge in [0, 0.05) is 18.3 Å². The normalized spacial score (nSPS) is 10.2. The number of urea groups is 1. The number of ether oxygens (including phenoxy) is 1. The van der Waals surface area contributed by atoms with Gasteiger partial charge in [0.2, 0.25) is 0 Å². The molecule has 0 unspecified atom stereocenters. The number of nitro benzene ring substituents is 1. The third-order valence-electron chi connectivity index (χ3n) is 3.74. The third kappa shape index (κ3) is 6.89. The summed E-state index contributed by atoms with van der Waals surface area (Å²) in [4.78, 5) is 46.1. The van der Waals surface area contributed by atoms with E-state index < -0.39 is 29.4 Å². The van der Waals surface area contributed by atoms with Crippen LogP contribution in [0.3, 0.4) is 0 Å². The van der Waals surface area contributed by atoms with Gasteiger partial charge in [-0.1, -0.05) is 32.0 Å². The fourth-order valence-corrected chi connectivity index (χ4v) is 2.31. The minimum absolute atomic E-state index is 0.0997. The van der Waals surface area contributed by atoms with Crippen LogP contribution in [0.5, 0.6) is 0 Å². The van der Waals surface area contributed by atoms with Crippen molar-refractivity contribution in [3.63, 3.8) is 0 Å². The summed E-state index contributed by atoms with van der Waals surface area (Å²) in [6.07, 6.45) is 0. The first-order valence-corrected chi connectivity index (χ1v) is 9.11. The number of para-hydroxylation sites is 1. The lowest BCUT2D eigenvalue weighted by Crippen LogP contribution is -2.42. The average molecular weight is 414 g/mol. The zero-order valence-electron chi connectivity index (χ0n) is 16.5. The molecule has 2 aromatic rings. The first-order valence-electron chi connectivity index (χ1n) is 9.11. The van der Waals surface area contributed by atoms with Crippen molar-refractivity contribution in [1.29, 1.82) is 0 Å². The molecular weight excluding hydrogens is 392 g/mol. The number of benzene rings is 2. The number of carbonyl (C=O) groups excluding carboxylic acids is 3. The molecule has 0 aliphatic carbocycles. The summed E-state index contributed by atoms with van der Waals surface area (Å²) in [5, 5.41) is 18.8. The van der Waals surface area contributed by atoms with Crippen molar-refractivity contribution in [2.45, 2.75) is 13.8 Å². The van der Waals surface area contributed by atoms with E-state index in [9.17, 15) is 24.5 Å². The van der Waals surface area contributed by atoms with Gasteiger partial charge in [-0.05, 0) is 30.2 Å². The topological polar surface area (TPSA) is 140 Å². The average Bonchev–Trinajstić information content (AvgIpc) is 2.71. The second-order valence-corrected chi connectivity index (χ2v) is 6.71. The molecule has 0 aromatic heterocycles. The van der Waals surface area contributed by atoms with Gasteiger partial charge in [-0.3, -0.25) is 20.2 Å². The molecule has 0 aliphatic rings. The summed E-state index contributed by atoms with van der Waals surface area (Å²) < 4.78 is 4.84. The molecule has 30 heavy (non-hydrogen) atoms. The number of amides is 3. The standard InChI is InChI=1S/C20H22N4O6/c1-13(2)11-21-20(27)23-18(25)12-30-19(26)14-8-9-16(17(10-14)24(28)29)22-15-6-4-3-5-7-15/h3-10,13,22H,11-12H2,1-2H3,(H2,21,23,25,27). The molecule has 2 rings (SSSR count). The number of nitrogens with zero attached hydrogens (tertiary/aromatic N) is 1. The van der Waals surface area contributed by atoms with Gasteiger partial charge in [0.25, 0.3) is 11.6 Å². The van der Waals surface area contributed by atoms with Gasteiger partial charge < -0.3 is 15.4 Å². The van der Waals surface area contributed by atoms with E-state index in [1.807, 2.05) is 25.2 Å². The van der Waals surface area contributed by atoms with Gasteiger partial charge in [0.05, 0.1) is 10.5 Å². The van der Waals surface area contributed by atoms with Crippen LogP contribution in [-0.4, -0.2) is 36.0 Å². The minimum atomic E-state index is -0.929. The molecule has 0 saturated carbocycles. The van der Waals surface area contributed by atoms with Gasteiger partial charge in [-0.2, -0.15) is 0 Å². The highest BCUT2D eigenvalue weighted by molar-refractivity contribution is 5.97. The minimum Gasteiger partial charge on any atom is -0.452 e. The molecule has 0 bridgehead atoms. The molecule has 0 fully saturated rings. The maximum Gasteiger partial charge on any atom is 0.338 e. The van der Waals surface area contributed by atoms with Crippen LogP contribution < -0.4 is 16.0 Å². The fraction of sp³-hybridized carbons (Fsp3) is 0.250. The summed E-state index contributed by atoms with van der Waals surface area (Å²) >= 11 is 0. The van der Waals surface area contributed by atoms with Gasteiger partial charge in [0.15, 0.2) is 6.61 Å². The summed E-state index contributed by atoms with van der Waals surface area (Å²) in [5.74, 6) is -1.54. The van der Waals surface area contributed by atoms with Crippen molar-refractivity contribution in [1.82, 2.24) is 10.6 Å². The molecule has 0 spiro atoms. The Morgan fingerprint density at radius 1 is 1.10 bits per heavy atom. The predicted octanol–water partition coefficient (Wildman–Crippen LogP) is 2.98. The Balaban J connectivity index is 1.98. The second kappa shape index (κ2) is 10.6. The number of carbonyl (C=O) groups is 3. The van der Waals surface area contributed by atoms with Crippen LogP contribution in [0.1, 0.15) is 24.2 Å². The molecule has 3 N–H and O–H groups in total. The van der Waals surface area contributed by atoms with E-state index in [4.69, 9.17) is 4.74 Å². The van der Waals surface area contributed by atoms with E-state index in [0.717, 1.165) is 6.07 Å². The van der Waals surface area contributed by atoms with Crippen LogP contribution in [0.4, 0.5) is 21.9 Å². The smallest absolute Gasteiger partial charge is 0.338 e. The van der Waals surface area contributed by atoms with Crippen molar-refractivity contribution in [2.75, 3.05) is 18.5 Å². The summed E-state index contributed by atoms with van der Waals surface area (Å²) in [5.41, 5.74) is 0.411. The quantitative estimate of drug-likeness (QED) is 0.343. The third-order valence-corrected chi connectivity index (χ3v) is 3.74. The largest absolute Gasteiger partial charge is 0.452 e. The highest BCUT2D eigenvalue weighted by Crippen LogP contribution is 2.28. The van der Waals surface area contributed by atoms with E-state index in [-0.39, 0.29) is 22.9 Å². The number of hydrogen-bond donors (Lipinski definition) is 3. The highest BCUT2D eigenvalue weighted by atomic mass is 16.6. The number of hydrogen-bond acceptors (Lipinski definition) is 7. The van der Waals surface area contributed by atoms with E-state index in [1.54, 1.807) is 24.3 Å². The van der Waals surface area contributed by atoms with E-state index in [1.165, 1.54) is 12.1 Å². The number of esters is 1. The molecular formula is C20H22N4O6. The molecule has 10 nitrogen and oxygen atoms in total. The molecule has 2 aromatic carbocycles. The van der Waals surface area contributed by atoms with Gasteiger partial charge in [-0.25, -0.2) is 9.59 Å². The highest BCUT2D eigenvalue weighted by Gasteiger charge is 2.19. The van der Waals surface area contributed by atoms with E-state index in [2.05, 4.69) is 10.6 Å². The second-order valence-electron chi connectivity index (χ2n) is 6.71. The first-order chi connectivity index (χ1) is 14.3. The molecule has 3 amide bonds. The number of imide groups is 1. The van der Waals surface area contributed by atoms with Crippen LogP contribution in [-0.2, 0) is 9.53 Å². The number of nitro groups is 1. The molecule has 158 valence electrons. The van der Waals surface area contributed by atoms with Gasteiger partial charge in [0.1, 0.15) is 5.69 Å². The van der Waals surface area contributed by atoms with Crippen molar-refractivity contribution in [3.05, 3.63) is 64.2 Å². The van der Waals surface area contributed by atoms with Crippen molar-refractivity contribution < 1.29 is 24.0 Å². The fourth-order valence-electron chi connectivity index (χ4n) is 2.31. The van der Waals surface area contributed by atoms with Crippen molar-refractivity contribution >= 4 is 35.0 Å². The summed E-state index contributed by atoms with van der Waals surface area (Å²) in [6.45, 7) is 3.46. The number of nitrogens with one attached hydrogen (secondary N) is 3. The first kappa shape index (κ1) is 22.3. The Hall–Kier alpha value is -3.95. The summed E-state index contributed by atoms with van der Waals surface area (Å²) in [6, 6.07) is 11.9. The molecule has 0 heterocycles. The van der Waals surface area contributed by atoms with E-state index in [0.29, 0.717) is 12.2 Å². The maximum absolute atomic E-state index is 12.1. The van der Waals surface area contributed by atoms with E-state index >= 15 is 0 Å². The zero-order chi connectivity index (χ0) is 22.1. The zero-order valence-corrected chi connectivity index (χ0v) is 16.5. The lowest BCUT2D eigenvalue weighted by Gasteiger charge is -2.10. The lowest BCUT2D eigenvalue weighted by molar-refractivity contribution is -0.383. The molecule has 10 heteroatoms. The molecule has 0 aliphatic heterocycles. The summed E-state index contributed by atoms with van der Waals surface area (Å²) in [7, 11) is 0. The Labute approximate surface area is 172 Å². The Bertz CT molecular complexity index is 930. The molecule has 0 radical (unpaired) electrons. The van der Waals surface area contributed by atoms with Gasteiger partial charge >= 0.3 is 12.0 Å². The Kier molecular flexibility index (Phi) is 7.86. The van der Waals surface area contributed by atoms with Crippen LogP contribution in [0.25, 0.3) is 0 Å².